The van der Waals surface area contributed by atoms with Crippen LogP contribution in [0, 0.1) is 20.8 Å². The summed E-state index contributed by atoms with van der Waals surface area (Å²) >= 11 is -5.62. The van der Waals surface area contributed by atoms with Gasteiger partial charge in [-0.3, -0.25) is 0 Å². The van der Waals surface area contributed by atoms with E-state index < -0.39 is 13.0 Å². The van der Waals surface area contributed by atoms with Crippen molar-refractivity contribution in [2.75, 3.05) is 0 Å². The molecule has 0 heterocycles. The van der Waals surface area contributed by atoms with Crippen molar-refractivity contribution in [2.24, 2.45) is 0 Å². The van der Waals surface area contributed by atoms with Gasteiger partial charge in [-0.25, -0.2) is 0 Å². The minimum absolute atomic E-state index is 0. The van der Waals surface area contributed by atoms with E-state index >= 15 is 0 Å². The van der Waals surface area contributed by atoms with Crippen molar-refractivity contribution in [3.63, 3.8) is 0 Å². The van der Waals surface area contributed by atoms with E-state index in [-0.39, 0.29) is 51.4 Å². The van der Waals surface area contributed by atoms with Crippen molar-refractivity contribution in [1.82, 2.24) is 0 Å². The second-order valence-corrected chi connectivity index (χ2v) is 4.22. The number of aryl methyl sites for hydroxylation is 3. The van der Waals surface area contributed by atoms with Crippen LogP contribution in [0.5, 0.6) is 0 Å². The maximum absolute atomic E-state index is 8.58. The third-order valence-corrected chi connectivity index (χ3v) is 1.37. The second kappa shape index (κ2) is 7.92. The summed E-state index contributed by atoms with van der Waals surface area (Å²) in [5, 5.41) is 0. The minimum atomic E-state index is -5.62. The molecule has 1 rings (SSSR count). The second-order valence-electron chi connectivity index (χ2n) is 3.04. The Balaban J connectivity index is 0. The summed E-state index contributed by atoms with van der Waals surface area (Å²) in [5.41, 5.74) is 4.06. The van der Waals surface area contributed by atoms with Crippen LogP contribution in [0.4, 0.5) is 0 Å². The summed E-state index contributed by atoms with van der Waals surface area (Å²) in [4.78, 5) is 0. The van der Waals surface area contributed by atoms with E-state index in [2.05, 4.69) is 39.0 Å². The third-order valence-electron chi connectivity index (χ3n) is 1.37. The maximum atomic E-state index is 8.58. The van der Waals surface area contributed by atoms with Gasteiger partial charge in [-0.15, -0.1) is 0 Å². The van der Waals surface area contributed by atoms with E-state index in [0.29, 0.717) is 0 Å². The van der Waals surface area contributed by atoms with Crippen molar-refractivity contribution < 1.29 is 80.0 Å². The number of hydrogen-bond acceptors (Lipinski definition) is 4. The van der Waals surface area contributed by atoms with Crippen LogP contribution >= 0.6 is 0 Å². The molecule has 0 aliphatic carbocycles. The van der Waals surface area contributed by atoms with Gasteiger partial charge >= 0.3 is 80.0 Å². The standard InChI is InChI=1S/C9H12.K.Mn.4O/c1-7-4-8(2)6-9(3)5-7;;;;;;/h4-6H,1-3H3;;;;;;/q;+1;;;;;-1. The first-order valence-corrected chi connectivity index (χ1v) is 5.78. The predicted molar refractivity (Wildman–Crippen MR) is 42.7 cm³/mol. The Morgan fingerprint density at radius 1 is 0.867 bits per heavy atom. The van der Waals surface area contributed by atoms with Crippen LogP contribution in [0.3, 0.4) is 0 Å². The zero-order chi connectivity index (χ0) is 11.4. The van der Waals surface area contributed by atoms with Crippen molar-refractivity contribution in [3.8, 4) is 0 Å². The Kier molecular flexibility index (Phi) is 9.56. The monoisotopic (exact) mass is 278 g/mol. The molecule has 15 heavy (non-hydrogen) atoms. The molecule has 0 aromatic heterocycles. The van der Waals surface area contributed by atoms with Gasteiger partial charge in [0.05, 0.1) is 0 Å². The van der Waals surface area contributed by atoms with E-state index in [1.165, 1.54) is 16.7 Å². The van der Waals surface area contributed by atoms with Crippen LogP contribution in [-0.2, 0) is 24.5 Å². The molecule has 0 N–H and O–H groups in total. The molecule has 0 unspecified atom stereocenters. The SMILES string of the molecule is Cc1cc(C)cc(C)c1.[K+].[O]=[Mn](=[O])(=[O])[O-]. The summed E-state index contributed by atoms with van der Waals surface area (Å²) in [5.74, 6) is 0. The van der Waals surface area contributed by atoms with E-state index in [4.69, 9.17) is 15.7 Å². The Bertz CT molecular complexity index is 395. The number of rotatable bonds is 0. The van der Waals surface area contributed by atoms with Crippen LogP contribution in [0.15, 0.2) is 18.2 Å². The van der Waals surface area contributed by atoms with Gasteiger partial charge in [0.25, 0.3) is 0 Å². The van der Waals surface area contributed by atoms with Gasteiger partial charge in [-0.2, -0.15) is 0 Å². The van der Waals surface area contributed by atoms with Gasteiger partial charge in [0.15, 0.2) is 0 Å². The van der Waals surface area contributed by atoms with E-state index in [1.807, 2.05) is 0 Å². The molecule has 1 aromatic rings. The Morgan fingerprint density at radius 3 is 1.13 bits per heavy atom. The average Bonchev–Trinajstić information content (AvgIpc) is 1.77. The normalized spacial score (nSPS) is 9.60. The van der Waals surface area contributed by atoms with Crippen molar-refractivity contribution in [1.29, 1.82) is 0 Å². The molecule has 0 bridgehead atoms. The Morgan fingerprint density at radius 2 is 1.00 bits per heavy atom. The Labute approximate surface area is 134 Å². The van der Waals surface area contributed by atoms with E-state index in [9.17, 15) is 0 Å². The number of benzene rings is 1. The van der Waals surface area contributed by atoms with Gasteiger partial charge in [0.1, 0.15) is 0 Å². The Hall–Kier alpha value is 0.736. The summed E-state index contributed by atoms with van der Waals surface area (Å²) in [7, 11) is 0. The van der Waals surface area contributed by atoms with E-state index in [0.717, 1.165) is 0 Å². The zero-order valence-corrected chi connectivity index (χ0v) is 13.5. The van der Waals surface area contributed by atoms with Gasteiger partial charge in [0, 0.05) is 0 Å². The molecule has 0 aliphatic heterocycles. The fraction of sp³-hybridized carbons (Fsp3) is 0.333. The molecule has 80 valence electrons. The van der Waals surface area contributed by atoms with Gasteiger partial charge in [-0.1, -0.05) is 34.9 Å². The van der Waals surface area contributed by atoms with Crippen molar-refractivity contribution in [3.05, 3.63) is 34.9 Å². The molecule has 0 spiro atoms. The molecule has 0 saturated carbocycles. The van der Waals surface area contributed by atoms with Crippen molar-refractivity contribution >= 4 is 0 Å². The topological polar surface area (TPSA) is 74.3 Å². The van der Waals surface area contributed by atoms with Crippen LogP contribution in [0.25, 0.3) is 0 Å². The molecular formula is C9H12KMnO4. The molecule has 0 saturated heterocycles. The van der Waals surface area contributed by atoms with Gasteiger partial charge in [0.2, 0.25) is 0 Å². The fourth-order valence-corrected chi connectivity index (χ4v) is 1.20. The first-order valence-electron chi connectivity index (χ1n) is 3.85. The van der Waals surface area contributed by atoms with Crippen LogP contribution in [0.2, 0.25) is 0 Å². The van der Waals surface area contributed by atoms with Crippen LogP contribution < -0.4 is 55.6 Å². The molecule has 6 heteroatoms. The summed E-state index contributed by atoms with van der Waals surface area (Å²) in [6.07, 6.45) is 0. The first kappa shape index (κ1) is 18.1. The summed E-state index contributed by atoms with van der Waals surface area (Å²) < 4.78 is 34.3. The molecule has 4 nitrogen and oxygen atoms in total. The zero-order valence-electron chi connectivity index (χ0n) is 9.24. The molecule has 0 atom stereocenters. The van der Waals surface area contributed by atoms with Gasteiger partial charge < -0.3 is 0 Å². The molecular weight excluding hydrogens is 266 g/mol. The fourth-order valence-electron chi connectivity index (χ4n) is 1.20. The molecule has 1 aromatic carbocycles. The average molecular weight is 278 g/mol. The van der Waals surface area contributed by atoms with Gasteiger partial charge in [-0.05, 0) is 20.8 Å². The number of hydrogen-bond donors (Lipinski definition) is 0. The third kappa shape index (κ3) is 14.7. The molecule has 0 amide bonds. The van der Waals surface area contributed by atoms with Crippen molar-refractivity contribution in [2.45, 2.75) is 20.8 Å². The quantitative estimate of drug-likeness (QED) is 0.518. The summed E-state index contributed by atoms with van der Waals surface area (Å²) in [6, 6.07) is 6.56. The molecule has 0 aliphatic rings. The van der Waals surface area contributed by atoms with Crippen LogP contribution in [-0.4, -0.2) is 0 Å². The summed E-state index contributed by atoms with van der Waals surface area (Å²) in [6.45, 7) is 6.38. The first-order chi connectivity index (χ1) is 6.18. The molecule has 0 fully saturated rings. The predicted octanol–water partition coefficient (Wildman–Crippen LogP) is -1.93. The molecule has 0 radical (unpaired) electrons. The van der Waals surface area contributed by atoms with Crippen LogP contribution in [0.1, 0.15) is 16.7 Å². The van der Waals surface area contributed by atoms with E-state index in [1.54, 1.807) is 0 Å².